The maximum atomic E-state index is 13.8. The van der Waals surface area contributed by atoms with Gasteiger partial charge < -0.3 is 0 Å². The van der Waals surface area contributed by atoms with Crippen LogP contribution < -0.4 is 0 Å². The lowest BCUT2D eigenvalue weighted by Gasteiger charge is -2.18. The summed E-state index contributed by atoms with van der Waals surface area (Å²) in [5, 5.41) is 39.8. The molecule has 0 radical (unpaired) electrons. The van der Waals surface area contributed by atoms with E-state index >= 15 is 0 Å². The number of hydrogen-bond donors (Lipinski definition) is 0. The topological polar surface area (TPSA) is 95.2 Å². The van der Waals surface area contributed by atoms with Crippen LogP contribution in [0.5, 0.6) is 0 Å². The summed E-state index contributed by atoms with van der Waals surface area (Å²) >= 11 is 0. The third kappa shape index (κ3) is 6.02. The first kappa shape index (κ1) is 37.0. The molecule has 0 aliphatic heterocycles. The molecule has 4 nitrogen and oxygen atoms in total. The van der Waals surface area contributed by atoms with Crippen LogP contribution in [-0.4, -0.2) is 0 Å². The molecule has 0 amide bonds. The fourth-order valence-electron chi connectivity index (χ4n) is 6.56. The lowest BCUT2D eigenvalue weighted by atomic mass is 9.86. The highest BCUT2D eigenvalue weighted by molar-refractivity contribution is 6.38. The minimum Gasteiger partial charge on any atom is -0.192 e. The third-order valence-corrected chi connectivity index (χ3v) is 8.74. The molecular weight excluding hydrogens is 740 g/mol. The Morgan fingerprint density at radius 3 is 0.907 bits per heavy atom. The Hall–Kier alpha value is -6.78. The number of hydrogen-bond acceptors (Lipinski definition) is 4. The van der Waals surface area contributed by atoms with Gasteiger partial charge in [0.2, 0.25) is 0 Å². The van der Waals surface area contributed by atoms with E-state index in [1.165, 1.54) is 36.4 Å². The van der Waals surface area contributed by atoms with Crippen LogP contribution in [0.3, 0.4) is 0 Å². The molecule has 0 N–H and O–H groups in total. The van der Waals surface area contributed by atoms with Gasteiger partial charge in [-0.15, -0.1) is 0 Å². The van der Waals surface area contributed by atoms with Crippen molar-refractivity contribution in [2.75, 3.05) is 0 Å². The van der Waals surface area contributed by atoms with Gasteiger partial charge in [-0.05, 0) is 80.9 Å². The zero-order chi connectivity index (χ0) is 39.7. The van der Waals surface area contributed by atoms with Crippen molar-refractivity contribution < 1.29 is 52.7 Å². The van der Waals surface area contributed by atoms with Crippen molar-refractivity contribution in [1.82, 2.24) is 0 Å². The molecule has 54 heavy (non-hydrogen) atoms. The van der Waals surface area contributed by atoms with Gasteiger partial charge >= 0.3 is 24.7 Å². The first-order chi connectivity index (χ1) is 25.1. The number of nitrogens with zero attached hydrogens (tertiary/aromatic N) is 4. The van der Waals surface area contributed by atoms with E-state index < -0.39 is 58.1 Å². The summed E-state index contributed by atoms with van der Waals surface area (Å²) in [6, 6.07) is 16.8. The Labute approximate surface area is 295 Å². The van der Waals surface area contributed by atoms with Gasteiger partial charge in [-0.2, -0.15) is 73.7 Å². The maximum Gasteiger partial charge on any atom is 0.417 e. The number of alkyl halides is 12. The SMILES string of the molecule is N#CC(C#N)=C1C2=C(C(=C(C#N)C#N)c3ccc(-c4ccc(C(F)(F)F)c(C(F)(F)F)c4)cc32)c2cc(-c3ccc(C(F)(F)F)c(C(F)(F)F)c3)ccc21. The summed E-state index contributed by atoms with van der Waals surface area (Å²) in [6.07, 6.45) is -21.6. The van der Waals surface area contributed by atoms with Crippen molar-refractivity contribution >= 4 is 22.3 Å². The maximum absolute atomic E-state index is 13.8. The highest BCUT2D eigenvalue weighted by Crippen LogP contribution is 2.60. The fourth-order valence-corrected chi connectivity index (χ4v) is 6.56. The van der Waals surface area contributed by atoms with Gasteiger partial charge in [0, 0.05) is 22.3 Å². The molecule has 0 saturated heterocycles. The lowest BCUT2D eigenvalue weighted by molar-refractivity contribution is -0.162. The van der Waals surface area contributed by atoms with Crippen LogP contribution in [0.4, 0.5) is 52.7 Å². The average Bonchev–Trinajstić information content (AvgIpc) is 3.60. The first-order valence-corrected chi connectivity index (χ1v) is 14.9. The second-order valence-electron chi connectivity index (χ2n) is 11.7. The molecule has 0 bridgehead atoms. The first-order valence-electron chi connectivity index (χ1n) is 14.9. The Morgan fingerprint density at radius 1 is 0.352 bits per heavy atom. The zero-order valence-electron chi connectivity index (χ0n) is 26.3. The fraction of sp³-hybridized carbons (Fsp3) is 0.105. The van der Waals surface area contributed by atoms with Gasteiger partial charge in [-0.3, -0.25) is 0 Å². The van der Waals surface area contributed by atoms with Crippen molar-refractivity contribution in [2.45, 2.75) is 24.7 Å². The van der Waals surface area contributed by atoms with Gasteiger partial charge in [0.25, 0.3) is 0 Å². The molecule has 0 aromatic heterocycles. The lowest BCUT2D eigenvalue weighted by Crippen LogP contribution is -2.16. The molecule has 0 fully saturated rings. The molecule has 0 atom stereocenters. The largest absolute Gasteiger partial charge is 0.417 e. The average molecular weight is 753 g/mol. The van der Waals surface area contributed by atoms with Crippen LogP contribution in [0.25, 0.3) is 44.5 Å². The summed E-state index contributed by atoms with van der Waals surface area (Å²) in [7, 11) is 0. The second kappa shape index (κ2) is 12.4. The monoisotopic (exact) mass is 752 g/mol. The summed E-state index contributed by atoms with van der Waals surface area (Å²) in [4.78, 5) is 0. The molecule has 0 heterocycles. The van der Waals surface area contributed by atoms with E-state index in [0.29, 0.717) is 0 Å². The quantitative estimate of drug-likeness (QED) is 0.150. The molecule has 268 valence electrons. The van der Waals surface area contributed by atoms with Crippen LogP contribution in [0.1, 0.15) is 44.5 Å². The molecule has 6 rings (SSSR count). The number of benzene rings is 4. The van der Waals surface area contributed by atoms with E-state index in [0.717, 1.165) is 12.1 Å². The number of allylic oxidation sites excluding steroid dienone is 6. The molecule has 0 unspecified atom stereocenters. The van der Waals surface area contributed by atoms with Crippen LogP contribution in [-0.2, 0) is 24.7 Å². The van der Waals surface area contributed by atoms with Crippen molar-refractivity contribution in [3.8, 4) is 46.5 Å². The normalized spacial score (nSPS) is 13.7. The Kier molecular flexibility index (Phi) is 8.51. The summed E-state index contributed by atoms with van der Waals surface area (Å²) in [6.45, 7) is 0. The summed E-state index contributed by atoms with van der Waals surface area (Å²) in [5.41, 5.74) is -9.90. The highest BCUT2D eigenvalue weighted by Gasteiger charge is 2.45. The number of halogens is 12. The van der Waals surface area contributed by atoms with E-state index in [1.807, 2.05) is 0 Å². The van der Waals surface area contributed by atoms with Crippen molar-refractivity contribution in [1.29, 1.82) is 21.0 Å². The molecule has 4 aromatic carbocycles. The summed E-state index contributed by atoms with van der Waals surface area (Å²) < 4.78 is 164. The molecule has 16 heteroatoms. The predicted molar refractivity (Wildman–Crippen MR) is 167 cm³/mol. The van der Waals surface area contributed by atoms with Crippen molar-refractivity contribution in [2.24, 2.45) is 0 Å². The highest BCUT2D eigenvalue weighted by atomic mass is 19.4. The van der Waals surface area contributed by atoms with E-state index in [-0.39, 0.29) is 91.1 Å². The molecule has 2 aliphatic rings. The summed E-state index contributed by atoms with van der Waals surface area (Å²) in [5.74, 6) is 0. The van der Waals surface area contributed by atoms with E-state index in [2.05, 4.69) is 0 Å². The smallest absolute Gasteiger partial charge is 0.192 e. The third-order valence-electron chi connectivity index (χ3n) is 8.74. The molecule has 2 aliphatic carbocycles. The van der Waals surface area contributed by atoms with Crippen LogP contribution in [0, 0.1) is 45.3 Å². The number of rotatable bonds is 2. The second-order valence-corrected chi connectivity index (χ2v) is 11.7. The van der Waals surface area contributed by atoms with Gasteiger partial charge in [0.15, 0.2) is 0 Å². The molecule has 4 aromatic rings. The van der Waals surface area contributed by atoms with Crippen molar-refractivity contribution in [3.05, 3.63) is 128 Å². The van der Waals surface area contributed by atoms with Crippen molar-refractivity contribution in [3.63, 3.8) is 0 Å². The van der Waals surface area contributed by atoms with Gasteiger partial charge in [0.1, 0.15) is 35.4 Å². The molecule has 0 saturated carbocycles. The zero-order valence-corrected chi connectivity index (χ0v) is 26.3. The van der Waals surface area contributed by atoms with Crippen LogP contribution in [0.15, 0.2) is 83.9 Å². The standard InChI is InChI=1S/C38H12F12N4/c39-35(40,41)27-7-3-19(11-29(27)37(45,46)47)17-1-5-23-25(9-17)33-32(22(15-53)16-54)24-6-2-18(10-26(24)34(33)31(23)21(13-51)14-52)20-4-8-28(36(42,43)44)30(12-20)38(48,49)50/h1-12H. The Balaban J connectivity index is 1.65. The predicted octanol–water partition coefficient (Wildman–Crippen LogP) is 11.6. The molecular formula is C38H12F12N4. The number of nitriles is 4. The van der Waals surface area contributed by atoms with E-state index in [1.54, 1.807) is 24.3 Å². The van der Waals surface area contributed by atoms with Gasteiger partial charge in [-0.25, -0.2) is 0 Å². The van der Waals surface area contributed by atoms with Crippen LogP contribution >= 0.6 is 0 Å². The van der Waals surface area contributed by atoms with E-state index in [9.17, 15) is 73.7 Å². The number of fused-ring (bicyclic) bond motifs is 4. The van der Waals surface area contributed by atoms with Gasteiger partial charge in [0.05, 0.1) is 22.3 Å². The minimum absolute atomic E-state index is 0.0125. The van der Waals surface area contributed by atoms with E-state index in [4.69, 9.17) is 0 Å². The Bertz CT molecular complexity index is 2370. The minimum atomic E-state index is -5.43. The van der Waals surface area contributed by atoms with Gasteiger partial charge in [-0.1, -0.05) is 36.4 Å². The van der Waals surface area contributed by atoms with Crippen LogP contribution in [0.2, 0.25) is 0 Å². The molecule has 0 spiro atoms. The Morgan fingerprint density at radius 2 is 0.630 bits per heavy atom.